The summed E-state index contributed by atoms with van der Waals surface area (Å²) in [5.74, 6) is 0. The molecule has 1 aromatic carbocycles. The van der Waals surface area contributed by atoms with Gasteiger partial charge < -0.3 is 0 Å². The Bertz CT molecular complexity index is 1300. The molecule has 0 aliphatic rings. The molecule has 0 radical (unpaired) electrons. The third-order valence-corrected chi connectivity index (χ3v) is 5.57. The van der Waals surface area contributed by atoms with Crippen LogP contribution in [0.5, 0.6) is 0 Å². The third-order valence-electron chi connectivity index (χ3n) is 4.32. The highest BCUT2D eigenvalue weighted by molar-refractivity contribution is 7.99. The average molecular weight is 415 g/mol. The largest absolute Gasteiger partial charge is 0.332 e. The molecule has 10 heteroatoms. The van der Waals surface area contributed by atoms with Crippen molar-refractivity contribution in [3.05, 3.63) is 74.1 Å². The molecular formula is C18H15ClN6O2S. The summed E-state index contributed by atoms with van der Waals surface area (Å²) in [5.41, 5.74) is 0.589. The standard InChI is InChI=1S/C18H15ClN6O2S/c1-23-14-13(15(26)24(2)18(23)27)22-17(28-16-20-8-5-9-21-16)25(14)10-11-6-3-4-7-12(11)19/h3-9H,10H2,1-2H3. The van der Waals surface area contributed by atoms with Gasteiger partial charge in [0.2, 0.25) is 0 Å². The van der Waals surface area contributed by atoms with Crippen molar-refractivity contribution in [2.45, 2.75) is 16.9 Å². The van der Waals surface area contributed by atoms with Gasteiger partial charge >= 0.3 is 5.69 Å². The summed E-state index contributed by atoms with van der Waals surface area (Å²) >= 11 is 7.55. The average Bonchev–Trinajstić information content (AvgIpc) is 3.05. The van der Waals surface area contributed by atoms with Crippen LogP contribution in [0.2, 0.25) is 5.02 Å². The molecule has 0 fully saturated rings. The minimum absolute atomic E-state index is 0.204. The summed E-state index contributed by atoms with van der Waals surface area (Å²) in [7, 11) is 3.05. The lowest BCUT2D eigenvalue weighted by Gasteiger charge is -2.12. The maximum absolute atomic E-state index is 12.6. The predicted molar refractivity (Wildman–Crippen MR) is 107 cm³/mol. The maximum Gasteiger partial charge on any atom is 0.332 e. The SMILES string of the molecule is Cn1c(=O)c2nc(Sc3ncccn3)n(Cc3ccccc3Cl)c2n(C)c1=O. The first-order valence-electron chi connectivity index (χ1n) is 8.32. The first-order valence-corrected chi connectivity index (χ1v) is 9.51. The van der Waals surface area contributed by atoms with Gasteiger partial charge in [-0.25, -0.2) is 19.7 Å². The molecule has 0 saturated carbocycles. The molecule has 0 atom stereocenters. The highest BCUT2D eigenvalue weighted by atomic mass is 35.5. The summed E-state index contributed by atoms with van der Waals surface area (Å²) in [6, 6.07) is 9.13. The Hall–Kier alpha value is -2.91. The molecule has 0 aliphatic heterocycles. The topological polar surface area (TPSA) is 87.6 Å². The van der Waals surface area contributed by atoms with Gasteiger partial charge in [-0.1, -0.05) is 29.8 Å². The molecule has 0 saturated heterocycles. The Morgan fingerprint density at radius 2 is 1.75 bits per heavy atom. The fourth-order valence-electron chi connectivity index (χ4n) is 2.91. The Morgan fingerprint density at radius 1 is 1.04 bits per heavy atom. The van der Waals surface area contributed by atoms with Crippen molar-refractivity contribution < 1.29 is 0 Å². The normalized spacial score (nSPS) is 11.2. The molecule has 0 N–H and O–H groups in total. The van der Waals surface area contributed by atoms with E-state index in [1.807, 2.05) is 18.2 Å². The van der Waals surface area contributed by atoms with Crippen LogP contribution in [-0.2, 0) is 20.6 Å². The van der Waals surface area contributed by atoms with Crippen LogP contribution in [0.25, 0.3) is 11.2 Å². The van der Waals surface area contributed by atoms with Crippen molar-refractivity contribution in [3.8, 4) is 0 Å². The summed E-state index contributed by atoms with van der Waals surface area (Å²) in [6.45, 7) is 0.339. The van der Waals surface area contributed by atoms with Gasteiger partial charge in [-0.2, -0.15) is 0 Å². The molecule has 3 aromatic heterocycles. The second kappa shape index (κ2) is 7.25. The monoisotopic (exact) mass is 414 g/mol. The van der Waals surface area contributed by atoms with Crippen molar-refractivity contribution >= 4 is 34.5 Å². The van der Waals surface area contributed by atoms with E-state index in [9.17, 15) is 9.59 Å². The number of halogens is 1. The van der Waals surface area contributed by atoms with E-state index in [0.29, 0.717) is 27.5 Å². The fraction of sp³-hybridized carbons (Fsp3) is 0.167. The molecule has 8 nitrogen and oxygen atoms in total. The Kier molecular flexibility index (Phi) is 4.78. The zero-order valence-electron chi connectivity index (χ0n) is 15.0. The molecule has 28 heavy (non-hydrogen) atoms. The molecule has 0 spiro atoms. The van der Waals surface area contributed by atoms with E-state index in [1.54, 1.807) is 36.1 Å². The minimum atomic E-state index is -0.452. The quantitative estimate of drug-likeness (QED) is 0.475. The van der Waals surface area contributed by atoms with E-state index >= 15 is 0 Å². The van der Waals surface area contributed by atoms with Crippen molar-refractivity contribution in [1.82, 2.24) is 28.7 Å². The Morgan fingerprint density at radius 3 is 2.46 bits per heavy atom. The van der Waals surface area contributed by atoms with E-state index < -0.39 is 11.2 Å². The molecular weight excluding hydrogens is 400 g/mol. The molecule has 0 aliphatic carbocycles. The number of fused-ring (bicyclic) bond motifs is 1. The highest BCUT2D eigenvalue weighted by Gasteiger charge is 2.21. The number of nitrogens with zero attached hydrogens (tertiary/aromatic N) is 6. The lowest BCUT2D eigenvalue weighted by atomic mass is 10.2. The van der Waals surface area contributed by atoms with E-state index in [2.05, 4.69) is 15.0 Å². The molecule has 0 amide bonds. The highest BCUT2D eigenvalue weighted by Crippen LogP contribution is 2.28. The van der Waals surface area contributed by atoms with Gasteiger partial charge in [-0.3, -0.25) is 18.5 Å². The third kappa shape index (κ3) is 3.12. The first kappa shape index (κ1) is 18.5. The lowest BCUT2D eigenvalue weighted by Crippen LogP contribution is -2.37. The van der Waals surface area contributed by atoms with Crippen LogP contribution in [0.15, 0.2) is 62.6 Å². The van der Waals surface area contributed by atoms with Gasteiger partial charge in [0.1, 0.15) is 0 Å². The number of aryl methyl sites for hydroxylation is 1. The summed E-state index contributed by atoms with van der Waals surface area (Å²) in [6.07, 6.45) is 3.26. The lowest BCUT2D eigenvalue weighted by molar-refractivity contribution is 0.668. The summed E-state index contributed by atoms with van der Waals surface area (Å²) in [5, 5.41) is 1.57. The molecule has 4 aromatic rings. The number of hydrogen-bond acceptors (Lipinski definition) is 6. The molecule has 4 rings (SSSR count). The molecule has 0 bridgehead atoms. The van der Waals surface area contributed by atoms with E-state index in [1.165, 1.54) is 23.4 Å². The number of benzene rings is 1. The van der Waals surface area contributed by atoms with Crippen molar-refractivity contribution in [1.29, 1.82) is 0 Å². The van der Waals surface area contributed by atoms with Crippen molar-refractivity contribution in [3.63, 3.8) is 0 Å². The van der Waals surface area contributed by atoms with Crippen LogP contribution in [-0.4, -0.2) is 28.7 Å². The summed E-state index contributed by atoms with van der Waals surface area (Å²) < 4.78 is 4.25. The van der Waals surface area contributed by atoms with Crippen molar-refractivity contribution in [2.24, 2.45) is 14.1 Å². The second-order valence-electron chi connectivity index (χ2n) is 6.08. The number of imidazole rings is 1. The molecule has 3 heterocycles. The maximum atomic E-state index is 12.6. The van der Waals surface area contributed by atoms with Gasteiger partial charge in [0.25, 0.3) is 5.56 Å². The van der Waals surface area contributed by atoms with E-state index in [4.69, 9.17) is 11.6 Å². The van der Waals surface area contributed by atoms with Gasteiger partial charge in [-0.05, 0) is 29.5 Å². The second-order valence-corrected chi connectivity index (χ2v) is 7.42. The predicted octanol–water partition coefficient (Wildman–Crippen LogP) is 2.08. The number of rotatable bonds is 4. The van der Waals surface area contributed by atoms with Gasteiger partial charge in [0, 0.05) is 31.5 Å². The van der Waals surface area contributed by atoms with E-state index in [-0.39, 0.29) is 5.52 Å². The van der Waals surface area contributed by atoms with Gasteiger partial charge in [-0.15, -0.1) is 0 Å². The zero-order valence-corrected chi connectivity index (χ0v) is 16.6. The number of hydrogen-bond donors (Lipinski definition) is 0. The fourth-order valence-corrected chi connectivity index (χ4v) is 3.89. The minimum Gasteiger partial charge on any atom is -0.300 e. The van der Waals surface area contributed by atoms with Crippen LogP contribution in [0.4, 0.5) is 0 Å². The Labute approximate surface area is 168 Å². The van der Waals surface area contributed by atoms with Crippen LogP contribution in [0.1, 0.15) is 5.56 Å². The van der Waals surface area contributed by atoms with Crippen LogP contribution in [0, 0.1) is 0 Å². The zero-order chi connectivity index (χ0) is 19.8. The van der Waals surface area contributed by atoms with Crippen LogP contribution in [0.3, 0.4) is 0 Å². The smallest absolute Gasteiger partial charge is 0.300 e. The van der Waals surface area contributed by atoms with Crippen LogP contribution < -0.4 is 11.2 Å². The molecule has 142 valence electrons. The van der Waals surface area contributed by atoms with Crippen molar-refractivity contribution in [2.75, 3.05) is 0 Å². The molecule has 0 unspecified atom stereocenters. The summed E-state index contributed by atoms with van der Waals surface area (Å²) in [4.78, 5) is 38.0. The van der Waals surface area contributed by atoms with E-state index in [0.717, 1.165) is 10.1 Å². The van der Waals surface area contributed by atoms with Crippen LogP contribution >= 0.6 is 23.4 Å². The Balaban J connectivity index is 1.98. The number of aromatic nitrogens is 6. The van der Waals surface area contributed by atoms with Gasteiger partial charge in [0.05, 0.1) is 6.54 Å². The first-order chi connectivity index (χ1) is 13.5. The van der Waals surface area contributed by atoms with Gasteiger partial charge in [0.15, 0.2) is 21.5 Å².